The van der Waals surface area contributed by atoms with Gasteiger partial charge >= 0.3 is 0 Å². The van der Waals surface area contributed by atoms with Crippen molar-refractivity contribution < 1.29 is 18.3 Å². The summed E-state index contributed by atoms with van der Waals surface area (Å²) in [5.74, 6) is -0.889. The van der Waals surface area contributed by atoms with Crippen LogP contribution >= 0.6 is 0 Å². The highest BCUT2D eigenvalue weighted by Gasteiger charge is 2.13. The minimum absolute atomic E-state index is 0.108. The molecule has 1 aliphatic rings. The second kappa shape index (κ2) is 10.9. The number of benzene rings is 2. The third kappa shape index (κ3) is 6.74. The van der Waals surface area contributed by atoms with Crippen LogP contribution in [0, 0.1) is 29.3 Å². The molecule has 1 nitrogen and oxygen atoms in total. The average Bonchev–Trinajstić information content (AvgIpc) is 2.62. The Bertz CT molecular complexity index is 667. The monoisotopic (exact) mass is 366 g/mol. The fraction of sp³-hybridized carbons (Fsp3) is 0.455. The fourth-order valence-corrected chi connectivity index (χ4v) is 2.83. The van der Waals surface area contributed by atoms with Crippen LogP contribution in [0.15, 0.2) is 36.4 Å². The number of rotatable bonds is 1. The van der Waals surface area contributed by atoms with Gasteiger partial charge in [0.1, 0.15) is 11.6 Å². The normalized spacial score (nSPS) is 18.9. The lowest BCUT2D eigenvalue weighted by Gasteiger charge is -2.22. The van der Waals surface area contributed by atoms with Gasteiger partial charge in [0.25, 0.3) is 0 Å². The Morgan fingerprint density at radius 1 is 0.731 bits per heavy atom. The molecule has 1 fully saturated rings. The van der Waals surface area contributed by atoms with E-state index in [9.17, 15) is 13.2 Å². The molecule has 0 bridgehead atoms. The van der Waals surface area contributed by atoms with Crippen molar-refractivity contribution in [2.24, 2.45) is 11.8 Å². The summed E-state index contributed by atoms with van der Waals surface area (Å²) in [7, 11) is 0. The fourth-order valence-electron chi connectivity index (χ4n) is 2.83. The number of aromatic hydroxyl groups is 1. The average molecular weight is 366 g/mol. The van der Waals surface area contributed by atoms with Gasteiger partial charge in [-0.25, -0.2) is 13.2 Å². The maximum Gasteiger partial charge on any atom is 0.159 e. The lowest BCUT2D eigenvalue weighted by molar-refractivity contribution is 0.308. The summed E-state index contributed by atoms with van der Waals surface area (Å²) in [6.07, 6.45) is 5.89. The zero-order valence-corrected chi connectivity index (χ0v) is 16.0. The van der Waals surface area contributed by atoms with Crippen LogP contribution in [0.2, 0.25) is 0 Å². The van der Waals surface area contributed by atoms with Gasteiger partial charge in [-0.15, -0.1) is 0 Å². The molecular formula is C22H29F3O. The van der Waals surface area contributed by atoms with Crippen molar-refractivity contribution in [1.82, 2.24) is 0 Å². The molecule has 144 valence electrons. The first-order valence-corrected chi connectivity index (χ1v) is 9.30. The van der Waals surface area contributed by atoms with Crippen LogP contribution in [0.1, 0.15) is 53.4 Å². The highest BCUT2D eigenvalue weighted by Crippen LogP contribution is 2.27. The molecule has 0 aliphatic heterocycles. The van der Waals surface area contributed by atoms with Crippen molar-refractivity contribution in [2.45, 2.75) is 53.4 Å². The van der Waals surface area contributed by atoms with E-state index in [0.29, 0.717) is 0 Å². The highest BCUT2D eigenvalue weighted by molar-refractivity contribution is 5.64. The number of phenols is 1. The minimum atomic E-state index is -1.04. The standard InChI is InChI=1S/C12H7F3O.C8H16.C2H6/c13-10-4-1-7(5-12(10)15)9-3-2-8(16)6-11(9)14;1-7-3-5-8(2)6-4-7;1-2/h1-6,16H;7-8H,3-6H2,1-2H3;1-2H3. The van der Waals surface area contributed by atoms with E-state index >= 15 is 0 Å². The zero-order chi connectivity index (χ0) is 19.7. The van der Waals surface area contributed by atoms with Crippen molar-refractivity contribution in [2.75, 3.05) is 0 Å². The molecule has 1 aliphatic carbocycles. The van der Waals surface area contributed by atoms with Gasteiger partial charge in [-0.2, -0.15) is 0 Å². The number of halogens is 3. The van der Waals surface area contributed by atoms with Crippen molar-refractivity contribution >= 4 is 0 Å². The molecule has 0 heterocycles. The van der Waals surface area contributed by atoms with E-state index in [1.54, 1.807) is 0 Å². The summed E-state index contributed by atoms with van der Waals surface area (Å²) in [5, 5.41) is 9.01. The predicted molar refractivity (Wildman–Crippen MR) is 102 cm³/mol. The van der Waals surface area contributed by atoms with Crippen molar-refractivity contribution in [3.8, 4) is 16.9 Å². The van der Waals surface area contributed by atoms with Crippen molar-refractivity contribution in [3.63, 3.8) is 0 Å². The summed E-state index contributed by atoms with van der Waals surface area (Å²) in [4.78, 5) is 0. The molecule has 0 radical (unpaired) electrons. The lowest BCUT2D eigenvalue weighted by Crippen LogP contribution is -2.08. The predicted octanol–water partition coefficient (Wildman–Crippen LogP) is 7.34. The summed E-state index contributed by atoms with van der Waals surface area (Å²) < 4.78 is 39.0. The van der Waals surface area contributed by atoms with Crippen LogP contribution in [0.25, 0.3) is 11.1 Å². The van der Waals surface area contributed by atoms with E-state index in [1.807, 2.05) is 13.8 Å². The van der Waals surface area contributed by atoms with Gasteiger partial charge in [0.2, 0.25) is 0 Å². The van der Waals surface area contributed by atoms with E-state index in [1.165, 1.54) is 43.9 Å². The third-order valence-corrected chi connectivity index (χ3v) is 4.49. The molecule has 1 saturated carbocycles. The first-order valence-electron chi connectivity index (χ1n) is 9.30. The van der Waals surface area contributed by atoms with Crippen molar-refractivity contribution in [1.29, 1.82) is 0 Å². The molecule has 0 amide bonds. The van der Waals surface area contributed by atoms with E-state index in [4.69, 9.17) is 5.11 Å². The quantitative estimate of drug-likeness (QED) is 0.560. The molecule has 0 spiro atoms. The topological polar surface area (TPSA) is 20.2 Å². The first kappa shape index (κ1) is 22.1. The van der Waals surface area contributed by atoms with E-state index < -0.39 is 17.5 Å². The van der Waals surface area contributed by atoms with Gasteiger partial charge in [-0.1, -0.05) is 59.4 Å². The van der Waals surface area contributed by atoms with Crippen LogP contribution in [0.3, 0.4) is 0 Å². The van der Waals surface area contributed by atoms with E-state index in [-0.39, 0.29) is 16.9 Å². The second-order valence-electron chi connectivity index (χ2n) is 6.66. The molecule has 3 rings (SSSR count). The van der Waals surface area contributed by atoms with E-state index in [0.717, 1.165) is 30.0 Å². The van der Waals surface area contributed by atoms with Gasteiger partial charge in [-0.3, -0.25) is 0 Å². The maximum absolute atomic E-state index is 13.4. The Labute approximate surface area is 154 Å². The molecule has 2 aromatic carbocycles. The Morgan fingerprint density at radius 2 is 1.27 bits per heavy atom. The van der Waals surface area contributed by atoms with Crippen molar-refractivity contribution in [3.05, 3.63) is 53.8 Å². The highest BCUT2D eigenvalue weighted by atomic mass is 19.2. The van der Waals surface area contributed by atoms with Gasteiger partial charge in [0.15, 0.2) is 11.6 Å². The van der Waals surface area contributed by atoms with Crippen LogP contribution in [-0.2, 0) is 0 Å². The lowest BCUT2D eigenvalue weighted by atomic mass is 9.84. The molecule has 4 heteroatoms. The third-order valence-electron chi connectivity index (χ3n) is 4.49. The minimum Gasteiger partial charge on any atom is -0.508 e. The molecule has 0 aromatic heterocycles. The Kier molecular flexibility index (Phi) is 9.25. The number of phenolic OH excluding ortho intramolecular Hbond substituents is 1. The Balaban J connectivity index is 0.000000284. The van der Waals surface area contributed by atoms with Crippen LogP contribution < -0.4 is 0 Å². The maximum atomic E-state index is 13.4. The summed E-state index contributed by atoms with van der Waals surface area (Å²) in [6.45, 7) is 8.73. The summed E-state index contributed by atoms with van der Waals surface area (Å²) in [5.41, 5.74) is 0.327. The SMILES string of the molecule is CC.CC1CCC(C)CC1.Oc1ccc(-c2ccc(F)c(F)c2)c(F)c1. The molecule has 26 heavy (non-hydrogen) atoms. The Hall–Kier alpha value is -1.97. The second-order valence-corrected chi connectivity index (χ2v) is 6.66. The van der Waals surface area contributed by atoms with Gasteiger partial charge in [0, 0.05) is 11.6 Å². The number of hydrogen-bond acceptors (Lipinski definition) is 1. The summed E-state index contributed by atoms with van der Waals surface area (Å²) in [6, 6.07) is 6.60. The molecule has 1 N–H and O–H groups in total. The smallest absolute Gasteiger partial charge is 0.159 e. The van der Waals surface area contributed by atoms with Gasteiger partial charge in [0.05, 0.1) is 0 Å². The largest absolute Gasteiger partial charge is 0.508 e. The molecule has 0 atom stereocenters. The molecule has 0 unspecified atom stereocenters. The molecular weight excluding hydrogens is 337 g/mol. The van der Waals surface area contributed by atoms with Crippen LogP contribution in [0.4, 0.5) is 13.2 Å². The van der Waals surface area contributed by atoms with Crippen LogP contribution in [-0.4, -0.2) is 5.11 Å². The summed E-state index contributed by atoms with van der Waals surface area (Å²) >= 11 is 0. The van der Waals surface area contributed by atoms with E-state index in [2.05, 4.69) is 13.8 Å². The zero-order valence-electron chi connectivity index (χ0n) is 16.0. The Morgan fingerprint density at radius 3 is 1.73 bits per heavy atom. The first-order chi connectivity index (χ1) is 12.4. The van der Waals surface area contributed by atoms with Crippen LogP contribution in [0.5, 0.6) is 5.75 Å². The molecule has 2 aromatic rings. The number of hydrogen-bond donors (Lipinski definition) is 1. The van der Waals surface area contributed by atoms with Gasteiger partial charge < -0.3 is 5.11 Å². The molecule has 0 saturated heterocycles. The van der Waals surface area contributed by atoms with Gasteiger partial charge in [-0.05, 0) is 41.7 Å².